The molecule has 0 aromatic heterocycles. The molecular weight excluding hydrogens is 422 g/mol. The maximum Gasteiger partial charge on any atom is 0.416 e. The summed E-state index contributed by atoms with van der Waals surface area (Å²) in [7, 11) is 0. The van der Waals surface area contributed by atoms with Crippen molar-refractivity contribution < 1.29 is 22.4 Å². The molecule has 0 bridgehead atoms. The van der Waals surface area contributed by atoms with Crippen LogP contribution in [-0.4, -0.2) is 38.1 Å². The van der Waals surface area contributed by atoms with Crippen LogP contribution in [0, 0.1) is 17.7 Å². The minimum atomic E-state index is -4.43. The molecule has 2 aromatic rings. The van der Waals surface area contributed by atoms with Crippen molar-refractivity contribution in [1.29, 1.82) is 0 Å². The molecule has 2 heterocycles. The van der Waals surface area contributed by atoms with Crippen LogP contribution in [-0.2, 0) is 17.4 Å². The number of alkyl halides is 3. The van der Waals surface area contributed by atoms with Gasteiger partial charge in [0.05, 0.1) is 17.5 Å². The highest BCUT2D eigenvalue weighted by atomic mass is 19.4. The van der Waals surface area contributed by atoms with Gasteiger partial charge in [-0.2, -0.15) is 13.2 Å². The summed E-state index contributed by atoms with van der Waals surface area (Å²) in [6.45, 7) is 6.23. The maximum absolute atomic E-state index is 13.4. The fraction of sp³-hybridized carbons (Fsp3) is 0.458. The lowest BCUT2D eigenvalue weighted by atomic mass is 9.82. The van der Waals surface area contributed by atoms with Gasteiger partial charge in [0.2, 0.25) is 5.91 Å². The smallest absolute Gasteiger partial charge is 0.368 e. The van der Waals surface area contributed by atoms with Crippen LogP contribution in [0.25, 0.3) is 0 Å². The van der Waals surface area contributed by atoms with Gasteiger partial charge in [-0.05, 0) is 60.4 Å². The fourth-order valence-corrected chi connectivity index (χ4v) is 4.62. The number of benzene rings is 2. The molecule has 0 radical (unpaired) electrons. The van der Waals surface area contributed by atoms with Gasteiger partial charge < -0.3 is 15.1 Å². The first-order chi connectivity index (χ1) is 15.1. The second kappa shape index (κ2) is 8.64. The summed E-state index contributed by atoms with van der Waals surface area (Å²) in [5.41, 5.74) is 1.48. The highest BCUT2D eigenvalue weighted by molar-refractivity contribution is 5.82. The van der Waals surface area contributed by atoms with Crippen LogP contribution in [0.15, 0.2) is 42.5 Å². The van der Waals surface area contributed by atoms with Crippen molar-refractivity contribution in [3.8, 4) is 0 Å². The molecule has 4 rings (SSSR count). The van der Waals surface area contributed by atoms with Gasteiger partial charge in [0, 0.05) is 37.6 Å². The van der Waals surface area contributed by atoms with E-state index in [4.69, 9.17) is 0 Å². The van der Waals surface area contributed by atoms with Gasteiger partial charge in [-0.15, -0.1) is 0 Å². The lowest BCUT2D eigenvalue weighted by molar-refractivity contribution is -0.137. The molecule has 32 heavy (non-hydrogen) atoms. The second-order valence-electron chi connectivity index (χ2n) is 8.97. The number of rotatable bonds is 4. The number of carbonyl (C=O) groups excluding carboxylic acids is 1. The van der Waals surface area contributed by atoms with Crippen molar-refractivity contribution in [3.63, 3.8) is 0 Å². The summed E-state index contributed by atoms with van der Waals surface area (Å²) >= 11 is 0. The number of fused-ring (bicyclic) bond motifs is 3. The van der Waals surface area contributed by atoms with Crippen molar-refractivity contribution in [1.82, 2.24) is 5.32 Å². The number of piperazine rings is 1. The van der Waals surface area contributed by atoms with Crippen molar-refractivity contribution >= 4 is 17.3 Å². The quantitative estimate of drug-likeness (QED) is 0.699. The molecule has 0 unspecified atom stereocenters. The highest BCUT2D eigenvalue weighted by Gasteiger charge is 2.42. The van der Waals surface area contributed by atoms with Gasteiger partial charge in [-0.1, -0.05) is 13.8 Å². The number of nitrogens with zero attached hydrogens (tertiary/aromatic N) is 2. The van der Waals surface area contributed by atoms with Crippen molar-refractivity contribution in [3.05, 3.63) is 59.4 Å². The zero-order chi connectivity index (χ0) is 23.0. The first-order valence-electron chi connectivity index (χ1n) is 10.9. The summed E-state index contributed by atoms with van der Waals surface area (Å²) in [5, 5.41) is 2.97. The van der Waals surface area contributed by atoms with Gasteiger partial charge >= 0.3 is 6.18 Å². The van der Waals surface area contributed by atoms with E-state index in [1.54, 1.807) is 12.1 Å². The zero-order valence-corrected chi connectivity index (χ0v) is 18.1. The fourth-order valence-electron chi connectivity index (χ4n) is 4.62. The van der Waals surface area contributed by atoms with E-state index in [2.05, 4.69) is 15.1 Å². The highest BCUT2D eigenvalue weighted by Crippen LogP contribution is 2.40. The minimum Gasteiger partial charge on any atom is -0.368 e. The molecule has 4 nitrogen and oxygen atoms in total. The van der Waals surface area contributed by atoms with Crippen LogP contribution in [0.5, 0.6) is 0 Å². The largest absolute Gasteiger partial charge is 0.416 e. The number of carbonyl (C=O) groups is 1. The average Bonchev–Trinajstić information content (AvgIpc) is 2.76. The molecule has 1 N–H and O–H groups in total. The topological polar surface area (TPSA) is 35.6 Å². The number of hydrogen-bond acceptors (Lipinski definition) is 3. The van der Waals surface area contributed by atoms with Crippen molar-refractivity contribution in [2.24, 2.45) is 11.8 Å². The molecule has 1 amide bonds. The normalized spacial score (nSPS) is 20.7. The van der Waals surface area contributed by atoms with E-state index >= 15 is 0 Å². The Hall–Kier alpha value is -2.77. The average molecular weight is 449 g/mol. The van der Waals surface area contributed by atoms with Gasteiger partial charge in [-0.25, -0.2) is 4.39 Å². The monoisotopic (exact) mass is 449 g/mol. The molecule has 2 aromatic carbocycles. The van der Waals surface area contributed by atoms with Crippen molar-refractivity contribution in [2.75, 3.05) is 36.0 Å². The van der Waals surface area contributed by atoms with E-state index < -0.39 is 17.7 Å². The first-order valence-corrected chi connectivity index (χ1v) is 10.9. The third kappa shape index (κ3) is 4.54. The summed E-state index contributed by atoms with van der Waals surface area (Å²) in [6, 6.07) is 9.87. The van der Waals surface area contributed by atoms with Crippen LogP contribution >= 0.6 is 0 Å². The van der Waals surface area contributed by atoms with E-state index in [0.717, 1.165) is 17.4 Å². The summed E-state index contributed by atoms with van der Waals surface area (Å²) in [4.78, 5) is 17.3. The molecule has 2 aliphatic heterocycles. The minimum absolute atomic E-state index is 0.141. The Balaban J connectivity index is 1.66. The summed E-state index contributed by atoms with van der Waals surface area (Å²) < 4.78 is 53.3. The van der Waals surface area contributed by atoms with E-state index in [0.29, 0.717) is 31.7 Å². The number of halogens is 4. The predicted molar refractivity (Wildman–Crippen MR) is 116 cm³/mol. The van der Waals surface area contributed by atoms with Crippen LogP contribution in [0.3, 0.4) is 0 Å². The Morgan fingerprint density at radius 3 is 2.50 bits per heavy atom. The zero-order valence-electron chi connectivity index (χ0n) is 18.1. The lowest BCUT2D eigenvalue weighted by Gasteiger charge is -2.49. The van der Waals surface area contributed by atoms with Gasteiger partial charge in [0.15, 0.2) is 0 Å². The van der Waals surface area contributed by atoms with Gasteiger partial charge in [0.1, 0.15) is 5.82 Å². The molecule has 8 heteroatoms. The first kappa shape index (κ1) is 22.4. The summed E-state index contributed by atoms with van der Waals surface area (Å²) in [5.74, 6) is -0.666. The number of hydrogen-bond donors (Lipinski definition) is 1. The molecule has 172 valence electrons. The number of anilines is 2. The predicted octanol–water partition coefficient (Wildman–Crippen LogP) is 4.48. The van der Waals surface area contributed by atoms with E-state index in [1.165, 1.54) is 24.3 Å². The Morgan fingerprint density at radius 2 is 1.84 bits per heavy atom. The van der Waals surface area contributed by atoms with Gasteiger partial charge in [0.25, 0.3) is 0 Å². The van der Waals surface area contributed by atoms with Crippen LogP contribution < -0.4 is 15.1 Å². The van der Waals surface area contributed by atoms with E-state index in [-0.39, 0.29) is 30.1 Å². The Bertz CT molecular complexity index is 974. The van der Waals surface area contributed by atoms with Crippen LogP contribution in [0.4, 0.5) is 28.9 Å². The summed E-state index contributed by atoms with van der Waals surface area (Å²) in [6.07, 6.45) is -4.18. The lowest BCUT2D eigenvalue weighted by Crippen LogP contribution is -2.61. The van der Waals surface area contributed by atoms with Crippen LogP contribution in [0.1, 0.15) is 25.0 Å². The SMILES string of the molecule is CC(C)CNC(=O)[C@H]1Cc2cc(C(F)(F)F)ccc2N2CCN(c3ccc(F)cc3)C[C@@H]12. The standard InChI is InChI=1S/C24H27F4N3O/c1-15(2)13-29-23(32)20-12-16-11-17(24(26,27)28)3-8-21(16)31-10-9-30(14-22(20)31)19-6-4-18(25)5-7-19/h3-8,11,15,20,22H,9-10,12-14H2,1-2H3,(H,29,32)/t20-,22-/m0/s1. The Kier molecular flexibility index (Phi) is 6.05. The maximum atomic E-state index is 13.4. The molecule has 1 fully saturated rings. The number of nitrogens with one attached hydrogen (secondary N) is 1. The molecular formula is C24H27F4N3O. The molecule has 1 saturated heterocycles. The van der Waals surface area contributed by atoms with E-state index in [9.17, 15) is 22.4 Å². The second-order valence-corrected chi connectivity index (χ2v) is 8.97. The Labute approximate surface area is 185 Å². The van der Waals surface area contributed by atoms with E-state index in [1.807, 2.05) is 13.8 Å². The molecule has 0 saturated carbocycles. The molecule has 0 aliphatic carbocycles. The molecule has 2 aliphatic rings. The van der Waals surface area contributed by atoms with Gasteiger partial charge in [-0.3, -0.25) is 4.79 Å². The third-order valence-corrected chi connectivity index (χ3v) is 6.25. The molecule has 2 atom stereocenters. The van der Waals surface area contributed by atoms with Crippen molar-refractivity contribution in [2.45, 2.75) is 32.5 Å². The Morgan fingerprint density at radius 1 is 1.12 bits per heavy atom. The third-order valence-electron chi connectivity index (χ3n) is 6.25. The molecule has 0 spiro atoms. The van der Waals surface area contributed by atoms with Crippen LogP contribution in [0.2, 0.25) is 0 Å². The number of amides is 1.